The van der Waals surface area contributed by atoms with Crippen molar-refractivity contribution in [3.05, 3.63) is 168 Å². The minimum absolute atomic E-state index is 0.248. The van der Waals surface area contributed by atoms with Gasteiger partial charge in [-0.3, -0.25) is 0 Å². The zero-order valence-corrected chi connectivity index (χ0v) is 32.3. The molecule has 56 heavy (non-hydrogen) atoms. The maximum Gasteiger partial charge on any atom is 0.0991 e. The molecular weight excluding hydrogens is 721 g/mol. The van der Waals surface area contributed by atoms with Gasteiger partial charge >= 0.3 is 0 Å². The molecule has 2 heterocycles. The van der Waals surface area contributed by atoms with Crippen LogP contribution in [0.1, 0.15) is 54.7 Å². The van der Waals surface area contributed by atoms with E-state index in [9.17, 15) is 10.5 Å². The summed E-state index contributed by atoms with van der Waals surface area (Å²) in [5.41, 5.74) is 13.5. The van der Waals surface area contributed by atoms with Gasteiger partial charge in [0.25, 0.3) is 0 Å². The quantitative estimate of drug-likeness (QED) is 0.174. The molecule has 10 rings (SSSR count). The van der Waals surface area contributed by atoms with E-state index in [1.54, 1.807) is 0 Å². The molecule has 0 saturated heterocycles. The van der Waals surface area contributed by atoms with E-state index >= 15 is 0 Å². The van der Waals surface area contributed by atoms with Crippen LogP contribution in [0.5, 0.6) is 0 Å². The van der Waals surface area contributed by atoms with Crippen molar-refractivity contribution >= 4 is 57.6 Å². The monoisotopic (exact) mass is 756 g/mol. The molecule has 0 radical (unpaired) electrons. The van der Waals surface area contributed by atoms with Crippen LogP contribution >= 0.6 is 23.5 Å². The summed E-state index contributed by atoms with van der Waals surface area (Å²) < 4.78 is 0. The summed E-state index contributed by atoms with van der Waals surface area (Å²) in [5.74, 6) is 0.248. The lowest BCUT2D eigenvalue weighted by atomic mass is 9.75. The molecule has 6 heteroatoms. The number of hydrogen-bond donors (Lipinski definition) is 0. The van der Waals surface area contributed by atoms with Gasteiger partial charge in [-0.25, -0.2) is 0 Å². The van der Waals surface area contributed by atoms with Crippen molar-refractivity contribution in [2.45, 2.75) is 57.6 Å². The molecule has 0 atom stereocenters. The van der Waals surface area contributed by atoms with Crippen LogP contribution in [0.15, 0.2) is 171 Å². The Hall–Kier alpha value is -6.18. The molecule has 0 spiro atoms. The predicted molar refractivity (Wildman–Crippen MR) is 230 cm³/mol. The van der Waals surface area contributed by atoms with E-state index in [4.69, 9.17) is 0 Å². The van der Waals surface area contributed by atoms with Crippen LogP contribution in [0.2, 0.25) is 0 Å². The summed E-state index contributed by atoms with van der Waals surface area (Å²) in [4.78, 5) is 9.72. The minimum atomic E-state index is 0.248. The van der Waals surface area contributed by atoms with Crippen LogP contribution in [-0.2, 0) is 0 Å². The highest BCUT2D eigenvalue weighted by molar-refractivity contribution is 8.00. The molecule has 7 aromatic carbocycles. The van der Waals surface area contributed by atoms with Crippen molar-refractivity contribution in [2.24, 2.45) is 0 Å². The molecule has 0 unspecified atom stereocenters. The Bertz CT molecular complexity index is 2490. The normalized spacial score (nSPS) is 14.5. The Labute approximate surface area is 336 Å². The van der Waals surface area contributed by atoms with Gasteiger partial charge in [-0.15, -0.1) is 0 Å². The smallest absolute Gasteiger partial charge is 0.0991 e. The maximum absolute atomic E-state index is 10.3. The van der Waals surface area contributed by atoms with E-state index in [2.05, 4.69) is 149 Å². The fraction of sp³-hybridized carbons (Fsp3) is 0.120. The Morgan fingerprint density at radius 3 is 1.21 bits per heavy atom. The van der Waals surface area contributed by atoms with E-state index in [0.717, 1.165) is 82.1 Å². The fourth-order valence-electron chi connectivity index (χ4n) is 8.85. The third-order valence-electron chi connectivity index (χ3n) is 11.2. The fourth-order valence-corrected chi connectivity index (χ4v) is 11.0. The summed E-state index contributed by atoms with van der Waals surface area (Å²) in [6.45, 7) is 0. The van der Waals surface area contributed by atoms with Crippen molar-refractivity contribution in [1.82, 2.24) is 0 Å². The Balaban J connectivity index is 1.42. The van der Waals surface area contributed by atoms with Gasteiger partial charge < -0.3 is 9.80 Å². The van der Waals surface area contributed by atoms with Gasteiger partial charge in [0.2, 0.25) is 0 Å². The van der Waals surface area contributed by atoms with Crippen molar-refractivity contribution in [2.75, 3.05) is 9.80 Å². The minimum Gasteiger partial charge on any atom is -0.308 e. The Kier molecular flexibility index (Phi) is 8.87. The SMILES string of the molecule is N#Cc1cccc(-c2c(N3c4ccccc4Sc4ccccc43)cc(N3c4ccccc4Sc4ccccc43)c(-c3cccc(C#N)c3)c2C2CCCCC2)c1. The Morgan fingerprint density at radius 1 is 0.429 bits per heavy atom. The molecule has 0 aromatic heterocycles. The molecule has 1 saturated carbocycles. The summed E-state index contributed by atoms with van der Waals surface area (Å²) in [5, 5.41) is 20.6. The number of fused-ring (bicyclic) bond motifs is 4. The summed E-state index contributed by atoms with van der Waals surface area (Å²) in [6, 6.07) is 58.5. The van der Waals surface area contributed by atoms with Crippen LogP contribution in [0, 0.1) is 22.7 Å². The largest absolute Gasteiger partial charge is 0.308 e. The first-order valence-corrected chi connectivity index (χ1v) is 20.9. The lowest BCUT2D eigenvalue weighted by molar-refractivity contribution is 0.445. The van der Waals surface area contributed by atoms with E-state index in [1.165, 1.54) is 31.6 Å². The maximum atomic E-state index is 10.3. The second-order valence-corrected chi connectivity index (χ2v) is 16.7. The topological polar surface area (TPSA) is 54.1 Å². The second-order valence-electron chi connectivity index (χ2n) is 14.5. The van der Waals surface area contributed by atoms with Gasteiger partial charge in [0.1, 0.15) is 0 Å². The third-order valence-corrected chi connectivity index (χ3v) is 13.5. The number of nitrogens with zero attached hydrogens (tertiary/aromatic N) is 4. The number of hydrogen-bond acceptors (Lipinski definition) is 6. The highest BCUT2D eigenvalue weighted by Gasteiger charge is 2.36. The van der Waals surface area contributed by atoms with Crippen LogP contribution in [0.3, 0.4) is 0 Å². The number of para-hydroxylation sites is 4. The highest BCUT2D eigenvalue weighted by Crippen LogP contribution is 2.60. The second kappa shape index (κ2) is 14.5. The first-order valence-electron chi connectivity index (χ1n) is 19.2. The molecule has 1 aliphatic carbocycles. The van der Waals surface area contributed by atoms with Gasteiger partial charge in [0.05, 0.1) is 57.4 Å². The van der Waals surface area contributed by atoms with Crippen LogP contribution < -0.4 is 9.80 Å². The van der Waals surface area contributed by atoms with E-state index in [1.807, 2.05) is 47.8 Å². The van der Waals surface area contributed by atoms with Crippen molar-refractivity contribution in [3.8, 4) is 34.4 Å². The molecule has 0 N–H and O–H groups in total. The average molecular weight is 757 g/mol. The molecule has 0 bridgehead atoms. The van der Waals surface area contributed by atoms with Crippen molar-refractivity contribution in [3.63, 3.8) is 0 Å². The lowest BCUT2D eigenvalue weighted by Gasteiger charge is -2.40. The number of anilines is 6. The number of rotatable bonds is 5. The molecule has 268 valence electrons. The molecule has 1 fully saturated rings. The van der Waals surface area contributed by atoms with Gasteiger partial charge in [-0.1, -0.05) is 116 Å². The summed E-state index contributed by atoms with van der Waals surface area (Å²) in [7, 11) is 0. The lowest BCUT2D eigenvalue weighted by Crippen LogP contribution is -2.21. The standard InChI is InChI=1S/C50H36N4S2/c51-31-33-14-12-18-36(28-33)48-42(53-38-20-4-8-24-44(38)55-45-25-9-5-21-39(45)53)30-43(54-40-22-6-10-26-46(40)56-47-27-11-7-23-41(47)54)49(37-19-13-15-34(29-37)32-52)50(48)35-16-2-1-3-17-35/h4-15,18-30,35H,1-3,16-17H2. The van der Waals surface area contributed by atoms with Crippen LogP contribution in [0.4, 0.5) is 34.1 Å². The van der Waals surface area contributed by atoms with Gasteiger partial charge in [-0.05, 0) is 114 Å². The molecule has 2 aliphatic heterocycles. The van der Waals surface area contributed by atoms with Gasteiger partial charge in [0.15, 0.2) is 0 Å². The van der Waals surface area contributed by atoms with E-state index < -0.39 is 0 Å². The van der Waals surface area contributed by atoms with Crippen molar-refractivity contribution < 1.29 is 0 Å². The van der Waals surface area contributed by atoms with E-state index in [-0.39, 0.29) is 5.92 Å². The number of benzene rings is 7. The van der Waals surface area contributed by atoms with E-state index in [0.29, 0.717) is 11.1 Å². The molecule has 3 aliphatic rings. The average Bonchev–Trinajstić information content (AvgIpc) is 3.27. The molecular formula is C50H36N4S2. The molecule has 7 aromatic rings. The molecule has 4 nitrogen and oxygen atoms in total. The van der Waals surface area contributed by atoms with Crippen LogP contribution in [0.25, 0.3) is 22.3 Å². The Morgan fingerprint density at radius 2 is 0.821 bits per heavy atom. The highest BCUT2D eigenvalue weighted by atomic mass is 32.2. The van der Waals surface area contributed by atoms with Crippen LogP contribution in [-0.4, -0.2) is 0 Å². The predicted octanol–water partition coefficient (Wildman–Crippen LogP) is 14.7. The first-order chi connectivity index (χ1) is 27.7. The van der Waals surface area contributed by atoms with Gasteiger partial charge in [0, 0.05) is 30.7 Å². The zero-order valence-electron chi connectivity index (χ0n) is 30.7. The summed E-state index contributed by atoms with van der Waals surface area (Å²) in [6.07, 6.45) is 5.64. The van der Waals surface area contributed by atoms with Crippen molar-refractivity contribution in [1.29, 1.82) is 10.5 Å². The summed E-state index contributed by atoms with van der Waals surface area (Å²) >= 11 is 3.62. The van der Waals surface area contributed by atoms with Gasteiger partial charge in [-0.2, -0.15) is 10.5 Å². The zero-order chi connectivity index (χ0) is 37.6. The molecule has 0 amide bonds. The first kappa shape index (κ1) is 34.3. The number of nitriles is 2. The third kappa shape index (κ3) is 5.85.